The molecule has 2 amide bonds. The number of piperidine rings is 1. The average molecular weight is 257 g/mol. The highest BCUT2D eigenvalue weighted by molar-refractivity contribution is 6.29. The molecule has 0 spiro atoms. The summed E-state index contributed by atoms with van der Waals surface area (Å²) >= 11 is 5.61. The number of carbonyl (C=O) groups excluding carboxylic acids is 2. The monoisotopic (exact) mass is 256 g/mol. The number of likely N-dealkylation sites (tertiary alicyclic amines) is 1. The average Bonchev–Trinajstić information content (AvgIpc) is 2.75. The van der Waals surface area contributed by atoms with E-state index in [1.807, 2.05) is 0 Å². The van der Waals surface area contributed by atoms with Gasteiger partial charge < -0.3 is 15.1 Å². The van der Waals surface area contributed by atoms with Crippen molar-refractivity contribution in [2.45, 2.75) is 12.8 Å². The summed E-state index contributed by atoms with van der Waals surface area (Å²) in [5.41, 5.74) is 5.25. The fraction of sp³-hybridized carbons (Fsp3) is 0.455. The normalized spacial score (nSPS) is 20.3. The summed E-state index contributed by atoms with van der Waals surface area (Å²) in [7, 11) is 0. The van der Waals surface area contributed by atoms with Crippen LogP contribution in [0.5, 0.6) is 0 Å². The van der Waals surface area contributed by atoms with Gasteiger partial charge in [0, 0.05) is 13.1 Å². The molecule has 0 unspecified atom stereocenters. The van der Waals surface area contributed by atoms with E-state index < -0.39 is 0 Å². The van der Waals surface area contributed by atoms with Gasteiger partial charge in [-0.1, -0.05) is 0 Å². The molecule has 2 rings (SSSR count). The second kappa shape index (κ2) is 4.79. The van der Waals surface area contributed by atoms with Crippen LogP contribution in [0.15, 0.2) is 16.5 Å². The number of hydrogen-bond acceptors (Lipinski definition) is 3. The summed E-state index contributed by atoms with van der Waals surface area (Å²) in [5, 5.41) is 0.178. The van der Waals surface area contributed by atoms with Crippen molar-refractivity contribution >= 4 is 23.4 Å². The van der Waals surface area contributed by atoms with E-state index in [4.69, 9.17) is 21.8 Å². The largest absolute Gasteiger partial charge is 0.440 e. The number of halogens is 1. The van der Waals surface area contributed by atoms with E-state index in [0.717, 1.165) is 12.8 Å². The van der Waals surface area contributed by atoms with E-state index in [0.29, 0.717) is 13.1 Å². The van der Waals surface area contributed by atoms with Gasteiger partial charge in [0.05, 0.1) is 5.92 Å². The van der Waals surface area contributed by atoms with Gasteiger partial charge in [0.25, 0.3) is 5.91 Å². The van der Waals surface area contributed by atoms with Crippen LogP contribution in [0.4, 0.5) is 0 Å². The molecule has 2 heterocycles. The number of nitrogens with two attached hydrogens (primary N) is 1. The Hall–Kier alpha value is -1.49. The van der Waals surface area contributed by atoms with Gasteiger partial charge in [-0.3, -0.25) is 9.59 Å². The predicted molar refractivity (Wildman–Crippen MR) is 61.5 cm³/mol. The quantitative estimate of drug-likeness (QED) is 0.866. The first kappa shape index (κ1) is 12.0. The maximum absolute atomic E-state index is 12.0. The van der Waals surface area contributed by atoms with Crippen LogP contribution >= 0.6 is 11.6 Å². The Labute approximate surface area is 104 Å². The lowest BCUT2D eigenvalue weighted by Crippen LogP contribution is -2.44. The number of amides is 2. The van der Waals surface area contributed by atoms with Gasteiger partial charge in [-0.2, -0.15) is 0 Å². The van der Waals surface area contributed by atoms with Crippen LogP contribution in [0.1, 0.15) is 23.4 Å². The van der Waals surface area contributed by atoms with Gasteiger partial charge in [0.1, 0.15) is 0 Å². The molecule has 0 bridgehead atoms. The summed E-state index contributed by atoms with van der Waals surface area (Å²) in [6, 6.07) is 3.04. The third-order valence-corrected chi connectivity index (χ3v) is 3.10. The molecule has 1 atom stereocenters. The molecule has 1 aromatic rings. The summed E-state index contributed by atoms with van der Waals surface area (Å²) in [4.78, 5) is 24.7. The topological polar surface area (TPSA) is 76.5 Å². The lowest BCUT2D eigenvalue weighted by molar-refractivity contribution is -0.123. The third kappa shape index (κ3) is 2.61. The Kier molecular flexibility index (Phi) is 3.38. The van der Waals surface area contributed by atoms with Crippen LogP contribution < -0.4 is 5.73 Å². The van der Waals surface area contributed by atoms with E-state index in [9.17, 15) is 9.59 Å². The van der Waals surface area contributed by atoms with E-state index in [2.05, 4.69) is 0 Å². The second-order valence-electron chi connectivity index (χ2n) is 4.10. The second-order valence-corrected chi connectivity index (χ2v) is 4.47. The molecule has 0 aromatic carbocycles. The fourth-order valence-electron chi connectivity index (χ4n) is 1.98. The minimum atomic E-state index is -0.361. The van der Waals surface area contributed by atoms with E-state index in [1.165, 1.54) is 12.1 Å². The standard InChI is InChI=1S/C11H13ClN2O3/c12-9-4-3-8(17-9)11(16)14-5-1-2-7(6-14)10(13)15/h3-4,7H,1-2,5-6H2,(H2,13,15)/t7-/m1/s1. The zero-order valence-corrected chi connectivity index (χ0v) is 9.94. The van der Waals surface area contributed by atoms with Crippen LogP contribution in [-0.4, -0.2) is 29.8 Å². The molecule has 1 aromatic heterocycles. The first-order valence-electron chi connectivity index (χ1n) is 5.42. The number of nitrogens with zero attached hydrogens (tertiary/aromatic N) is 1. The summed E-state index contributed by atoms with van der Waals surface area (Å²) < 4.78 is 5.05. The molecular formula is C11H13ClN2O3. The minimum absolute atomic E-state index is 0.178. The molecule has 1 aliphatic heterocycles. The molecule has 1 saturated heterocycles. The lowest BCUT2D eigenvalue weighted by Gasteiger charge is -2.30. The fourth-order valence-corrected chi connectivity index (χ4v) is 2.13. The maximum Gasteiger partial charge on any atom is 0.289 e. The molecule has 92 valence electrons. The van der Waals surface area contributed by atoms with Crippen LogP contribution in [-0.2, 0) is 4.79 Å². The minimum Gasteiger partial charge on any atom is -0.440 e. The molecular weight excluding hydrogens is 244 g/mol. The van der Waals surface area contributed by atoms with Crippen molar-refractivity contribution in [3.05, 3.63) is 23.1 Å². The predicted octanol–water partition coefficient (Wildman–Crippen LogP) is 1.27. The highest BCUT2D eigenvalue weighted by Gasteiger charge is 2.28. The van der Waals surface area contributed by atoms with E-state index >= 15 is 0 Å². The molecule has 5 nitrogen and oxygen atoms in total. The van der Waals surface area contributed by atoms with Gasteiger partial charge in [0.15, 0.2) is 11.0 Å². The Morgan fingerprint density at radius 3 is 2.82 bits per heavy atom. The zero-order chi connectivity index (χ0) is 12.4. The maximum atomic E-state index is 12.0. The van der Waals surface area contributed by atoms with Gasteiger partial charge in [-0.05, 0) is 36.6 Å². The Morgan fingerprint density at radius 1 is 1.47 bits per heavy atom. The zero-order valence-electron chi connectivity index (χ0n) is 9.19. The SMILES string of the molecule is NC(=O)[C@@H]1CCCN(C(=O)c2ccc(Cl)o2)C1. The van der Waals surface area contributed by atoms with Crippen molar-refractivity contribution in [2.75, 3.05) is 13.1 Å². The molecule has 0 radical (unpaired) electrons. The lowest BCUT2D eigenvalue weighted by atomic mass is 9.97. The molecule has 0 saturated carbocycles. The van der Waals surface area contributed by atoms with Gasteiger partial charge >= 0.3 is 0 Å². The number of carbonyl (C=O) groups is 2. The van der Waals surface area contributed by atoms with Crippen molar-refractivity contribution in [3.8, 4) is 0 Å². The van der Waals surface area contributed by atoms with Gasteiger partial charge in [0.2, 0.25) is 5.91 Å². The highest BCUT2D eigenvalue weighted by atomic mass is 35.5. The Bertz CT molecular complexity index is 444. The van der Waals surface area contributed by atoms with Crippen molar-refractivity contribution < 1.29 is 14.0 Å². The Morgan fingerprint density at radius 2 is 2.24 bits per heavy atom. The van der Waals surface area contributed by atoms with Gasteiger partial charge in [-0.15, -0.1) is 0 Å². The number of hydrogen-bond donors (Lipinski definition) is 1. The van der Waals surface area contributed by atoms with Crippen molar-refractivity contribution in [3.63, 3.8) is 0 Å². The van der Waals surface area contributed by atoms with Crippen molar-refractivity contribution in [2.24, 2.45) is 11.7 Å². The van der Waals surface area contributed by atoms with Crippen LogP contribution in [0.25, 0.3) is 0 Å². The molecule has 6 heteroatoms. The van der Waals surface area contributed by atoms with Crippen LogP contribution in [0, 0.1) is 5.92 Å². The molecule has 1 aliphatic rings. The first-order chi connectivity index (χ1) is 8.08. The smallest absolute Gasteiger partial charge is 0.289 e. The number of primary amides is 1. The summed E-state index contributed by atoms with van der Waals surface area (Å²) in [6.07, 6.45) is 1.51. The number of furan rings is 1. The van der Waals surface area contributed by atoms with Crippen molar-refractivity contribution in [1.82, 2.24) is 4.90 Å². The van der Waals surface area contributed by atoms with E-state index in [1.54, 1.807) is 4.90 Å². The first-order valence-corrected chi connectivity index (χ1v) is 5.79. The molecule has 0 aliphatic carbocycles. The van der Waals surface area contributed by atoms with E-state index in [-0.39, 0.29) is 28.7 Å². The highest BCUT2D eigenvalue weighted by Crippen LogP contribution is 2.20. The van der Waals surface area contributed by atoms with Crippen LogP contribution in [0.2, 0.25) is 5.22 Å². The molecule has 1 fully saturated rings. The van der Waals surface area contributed by atoms with Crippen LogP contribution in [0.3, 0.4) is 0 Å². The molecule has 2 N–H and O–H groups in total. The number of rotatable bonds is 2. The molecule has 17 heavy (non-hydrogen) atoms. The van der Waals surface area contributed by atoms with Gasteiger partial charge in [-0.25, -0.2) is 0 Å². The Balaban J connectivity index is 2.07. The third-order valence-electron chi connectivity index (χ3n) is 2.89. The summed E-state index contributed by atoms with van der Waals surface area (Å²) in [5.74, 6) is -0.680. The summed E-state index contributed by atoms with van der Waals surface area (Å²) in [6.45, 7) is 0.966. The van der Waals surface area contributed by atoms with Crippen molar-refractivity contribution in [1.29, 1.82) is 0 Å².